The van der Waals surface area contributed by atoms with Crippen LogP contribution in [-0.2, 0) is 0 Å². The van der Waals surface area contributed by atoms with Crippen LogP contribution in [0.2, 0.25) is 0 Å². The molecule has 0 spiro atoms. The zero-order chi connectivity index (χ0) is 20.7. The number of hydrogen-bond acceptors (Lipinski definition) is 8. The number of benzene rings is 2. The maximum atomic E-state index is 6.38. The number of nitrogens with one attached hydrogen (secondary N) is 2. The SMILES string of the molecule is Cc1ccc2c(Nc3ncnc(Nc4nc5c(C)cccc5s4)c3N)cccc2n1. The maximum absolute atomic E-state index is 6.38. The van der Waals surface area contributed by atoms with E-state index in [9.17, 15) is 0 Å². The molecule has 7 nitrogen and oxygen atoms in total. The zero-order valence-corrected chi connectivity index (χ0v) is 17.3. The van der Waals surface area contributed by atoms with Gasteiger partial charge in [0.2, 0.25) is 0 Å². The van der Waals surface area contributed by atoms with E-state index in [4.69, 9.17) is 5.73 Å². The van der Waals surface area contributed by atoms with Crippen LogP contribution in [0, 0.1) is 13.8 Å². The van der Waals surface area contributed by atoms with E-state index in [2.05, 4.69) is 36.6 Å². The van der Waals surface area contributed by atoms with Crippen LogP contribution in [0.25, 0.3) is 21.1 Å². The molecule has 0 unspecified atom stereocenters. The van der Waals surface area contributed by atoms with E-state index < -0.39 is 0 Å². The van der Waals surface area contributed by atoms with Crippen molar-refractivity contribution in [3.05, 3.63) is 66.1 Å². The van der Waals surface area contributed by atoms with E-state index in [0.717, 1.165) is 43.2 Å². The molecule has 5 rings (SSSR count). The summed E-state index contributed by atoms with van der Waals surface area (Å²) in [6.45, 7) is 4.02. The number of nitrogens with zero attached hydrogens (tertiary/aromatic N) is 4. The number of anilines is 5. The van der Waals surface area contributed by atoms with Gasteiger partial charge in [-0.05, 0) is 49.7 Å². The summed E-state index contributed by atoms with van der Waals surface area (Å²) in [5.74, 6) is 1.04. The third kappa shape index (κ3) is 3.27. The average molecular weight is 414 g/mol. The molecular weight excluding hydrogens is 394 g/mol. The van der Waals surface area contributed by atoms with E-state index in [0.29, 0.717) is 17.3 Å². The van der Waals surface area contributed by atoms with Gasteiger partial charge in [-0.2, -0.15) is 0 Å². The minimum absolute atomic E-state index is 0.422. The lowest BCUT2D eigenvalue weighted by molar-refractivity contribution is 1.17. The number of hydrogen-bond donors (Lipinski definition) is 3. The summed E-state index contributed by atoms with van der Waals surface area (Å²) in [6, 6.07) is 16.1. The Kier molecular flexibility index (Phi) is 4.40. The first-order valence-corrected chi connectivity index (χ1v) is 10.3. The van der Waals surface area contributed by atoms with Crippen molar-refractivity contribution in [2.45, 2.75) is 13.8 Å². The molecule has 0 aliphatic rings. The first-order valence-electron chi connectivity index (χ1n) is 9.45. The molecule has 0 aliphatic heterocycles. The third-order valence-electron chi connectivity index (χ3n) is 4.85. The molecule has 148 valence electrons. The second-order valence-electron chi connectivity index (χ2n) is 7.00. The Hall–Kier alpha value is -3.78. The van der Waals surface area contributed by atoms with Crippen LogP contribution in [0.1, 0.15) is 11.3 Å². The molecule has 4 N–H and O–H groups in total. The Balaban J connectivity index is 1.48. The highest BCUT2D eigenvalue weighted by Gasteiger charge is 2.13. The topological polar surface area (TPSA) is 102 Å². The van der Waals surface area contributed by atoms with Crippen molar-refractivity contribution >= 4 is 60.6 Å². The number of pyridine rings is 1. The van der Waals surface area contributed by atoms with Gasteiger partial charge in [-0.25, -0.2) is 15.0 Å². The molecule has 0 saturated carbocycles. The molecule has 0 bridgehead atoms. The van der Waals surface area contributed by atoms with Gasteiger partial charge >= 0.3 is 0 Å². The van der Waals surface area contributed by atoms with Crippen molar-refractivity contribution < 1.29 is 0 Å². The van der Waals surface area contributed by atoms with Crippen molar-refractivity contribution in [2.24, 2.45) is 0 Å². The molecule has 0 fully saturated rings. The van der Waals surface area contributed by atoms with Crippen molar-refractivity contribution in [3.63, 3.8) is 0 Å². The Morgan fingerprint density at radius 1 is 0.867 bits per heavy atom. The van der Waals surface area contributed by atoms with Crippen LogP contribution in [-0.4, -0.2) is 19.9 Å². The predicted octanol–water partition coefficient (Wildman–Crippen LogP) is 5.32. The molecule has 0 amide bonds. The van der Waals surface area contributed by atoms with Crippen molar-refractivity contribution in [1.29, 1.82) is 0 Å². The smallest absolute Gasteiger partial charge is 0.189 e. The third-order valence-corrected chi connectivity index (χ3v) is 5.79. The molecule has 5 aromatic rings. The van der Waals surface area contributed by atoms with Crippen LogP contribution in [0.5, 0.6) is 0 Å². The van der Waals surface area contributed by atoms with Gasteiger partial charge in [-0.15, -0.1) is 0 Å². The summed E-state index contributed by atoms with van der Waals surface area (Å²) in [7, 11) is 0. The quantitative estimate of drug-likeness (QED) is 0.366. The predicted molar refractivity (Wildman–Crippen MR) is 124 cm³/mol. The van der Waals surface area contributed by atoms with E-state index in [1.54, 1.807) is 11.3 Å². The lowest BCUT2D eigenvalue weighted by Gasteiger charge is -2.13. The Morgan fingerprint density at radius 2 is 1.67 bits per heavy atom. The van der Waals surface area contributed by atoms with Crippen molar-refractivity contribution in [2.75, 3.05) is 16.4 Å². The Bertz CT molecular complexity index is 1390. The summed E-state index contributed by atoms with van der Waals surface area (Å²) in [5, 5.41) is 8.30. The Labute approximate surface area is 177 Å². The van der Waals surface area contributed by atoms with Gasteiger partial charge in [-0.1, -0.05) is 29.5 Å². The lowest BCUT2D eigenvalue weighted by atomic mass is 10.1. The van der Waals surface area contributed by atoms with E-state index >= 15 is 0 Å². The average Bonchev–Trinajstić information content (AvgIpc) is 3.15. The van der Waals surface area contributed by atoms with Crippen LogP contribution < -0.4 is 16.4 Å². The first kappa shape index (κ1) is 18.3. The monoisotopic (exact) mass is 413 g/mol. The van der Waals surface area contributed by atoms with E-state index in [1.165, 1.54) is 6.33 Å². The summed E-state index contributed by atoms with van der Waals surface area (Å²) in [6.07, 6.45) is 1.48. The Morgan fingerprint density at radius 3 is 2.50 bits per heavy atom. The fourth-order valence-electron chi connectivity index (χ4n) is 3.33. The molecule has 2 aromatic carbocycles. The number of para-hydroxylation sites is 1. The van der Waals surface area contributed by atoms with E-state index in [-0.39, 0.29) is 0 Å². The number of rotatable bonds is 4. The fourth-order valence-corrected chi connectivity index (χ4v) is 4.27. The minimum atomic E-state index is 0.422. The highest BCUT2D eigenvalue weighted by atomic mass is 32.1. The second-order valence-corrected chi connectivity index (χ2v) is 8.03. The molecule has 0 atom stereocenters. The summed E-state index contributed by atoms with van der Waals surface area (Å²) < 4.78 is 1.11. The summed E-state index contributed by atoms with van der Waals surface area (Å²) in [5.41, 5.74) is 11.7. The van der Waals surface area contributed by atoms with Gasteiger partial charge in [0.25, 0.3) is 0 Å². The van der Waals surface area contributed by atoms with Crippen molar-refractivity contribution in [1.82, 2.24) is 19.9 Å². The largest absolute Gasteiger partial charge is 0.393 e. The second kappa shape index (κ2) is 7.23. The number of aromatic nitrogens is 4. The van der Waals surface area contributed by atoms with Gasteiger partial charge < -0.3 is 16.4 Å². The molecule has 3 aromatic heterocycles. The zero-order valence-electron chi connectivity index (χ0n) is 16.5. The van der Waals surface area contributed by atoms with E-state index in [1.807, 2.05) is 56.3 Å². The van der Waals surface area contributed by atoms with Crippen LogP contribution >= 0.6 is 11.3 Å². The molecule has 0 aliphatic carbocycles. The van der Waals surface area contributed by atoms with Crippen LogP contribution in [0.3, 0.4) is 0 Å². The molecule has 3 heterocycles. The van der Waals surface area contributed by atoms with Gasteiger partial charge in [0.15, 0.2) is 16.8 Å². The summed E-state index contributed by atoms with van der Waals surface area (Å²) in [4.78, 5) is 17.9. The normalized spacial score (nSPS) is 11.1. The lowest BCUT2D eigenvalue weighted by Crippen LogP contribution is -2.05. The molecular formula is C22H19N7S. The maximum Gasteiger partial charge on any atom is 0.189 e. The number of nitrogen functional groups attached to an aromatic ring is 1. The molecule has 0 radical (unpaired) electrons. The highest BCUT2D eigenvalue weighted by molar-refractivity contribution is 7.22. The van der Waals surface area contributed by atoms with Gasteiger partial charge in [0.1, 0.15) is 12.0 Å². The van der Waals surface area contributed by atoms with Gasteiger partial charge in [-0.3, -0.25) is 4.98 Å². The molecule has 0 saturated heterocycles. The van der Waals surface area contributed by atoms with Crippen molar-refractivity contribution in [3.8, 4) is 0 Å². The number of aryl methyl sites for hydroxylation is 2. The first-order chi connectivity index (χ1) is 14.6. The highest BCUT2D eigenvalue weighted by Crippen LogP contribution is 2.34. The van der Waals surface area contributed by atoms with Gasteiger partial charge in [0, 0.05) is 16.8 Å². The molecule has 8 heteroatoms. The minimum Gasteiger partial charge on any atom is -0.393 e. The number of nitrogens with two attached hydrogens (primary N) is 1. The van der Waals surface area contributed by atoms with Crippen LogP contribution in [0.4, 0.5) is 28.1 Å². The fraction of sp³-hybridized carbons (Fsp3) is 0.0909. The summed E-state index contributed by atoms with van der Waals surface area (Å²) >= 11 is 1.56. The molecule has 30 heavy (non-hydrogen) atoms. The number of fused-ring (bicyclic) bond motifs is 2. The van der Waals surface area contributed by atoms with Crippen LogP contribution in [0.15, 0.2) is 54.9 Å². The standard InChI is InChI=1S/C22H19N7S/c1-12-5-3-8-17-19(12)28-22(30-17)29-21-18(23)20(24-11-25-21)27-16-7-4-6-15-14(16)10-9-13(2)26-15/h3-11H,23H2,1-2H3,(H2,24,25,27,28,29). The number of thiazole rings is 1. The van der Waals surface area contributed by atoms with Gasteiger partial charge in [0.05, 0.1) is 15.7 Å².